The summed E-state index contributed by atoms with van der Waals surface area (Å²) in [4.78, 5) is 12.2. The molecule has 0 aliphatic heterocycles. The molecule has 4 heterocycles. The number of benzene rings is 1. The standard InChI is InChI=1S/C27H19FN6/c1-15-6-16(8-18(28)7-15)20-4-2-3-5-23-21(20)10-25(32-23)27-22-11-24(31-14-26(22)33-34-27)17-9-19(29)13-30-12-17/h2,4-14,32H,29H2,1H3,(H,33,34). The van der Waals surface area contributed by atoms with Crippen LogP contribution in [0, 0.1) is 12.7 Å². The molecule has 1 aliphatic rings. The molecule has 0 atom stereocenters. The minimum Gasteiger partial charge on any atom is -0.397 e. The summed E-state index contributed by atoms with van der Waals surface area (Å²) >= 11 is 0. The smallest absolute Gasteiger partial charge is 0.124 e. The largest absolute Gasteiger partial charge is 0.397 e. The zero-order valence-corrected chi connectivity index (χ0v) is 18.2. The van der Waals surface area contributed by atoms with E-state index in [-0.39, 0.29) is 5.82 Å². The Morgan fingerprint density at radius 3 is 2.76 bits per heavy atom. The summed E-state index contributed by atoms with van der Waals surface area (Å²) in [7, 11) is 0. The van der Waals surface area contributed by atoms with Crippen molar-refractivity contribution in [3.63, 3.8) is 0 Å². The molecule has 1 aromatic carbocycles. The molecule has 5 aromatic rings. The van der Waals surface area contributed by atoms with Gasteiger partial charge < -0.3 is 10.7 Å². The molecule has 7 heteroatoms. The fraction of sp³-hybridized carbons (Fsp3) is 0.0370. The summed E-state index contributed by atoms with van der Waals surface area (Å²) in [5.41, 5.74) is 18.0. The van der Waals surface area contributed by atoms with Crippen molar-refractivity contribution in [2.24, 2.45) is 0 Å². The number of nitrogens with zero attached hydrogens (tertiary/aromatic N) is 3. The number of anilines is 1. The van der Waals surface area contributed by atoms with Gasteiger partial charge in [0.15, 0.2) is 0 Å². The summed E-state index contributed by atoms with van der Waals surface area (Å²) in [5.74, 6) is -0.260. The fourth-order valence-electron chi connectivity index (χ4n) is 4.31. The molecule has 6 rings (SSSR count). The molecule has 164 valence electrons. The summed E-state index contributed by atoms with van der Waals surface area (Å²) in [5, 5.41) is 8.52. The Hall–Kier alpha value is -4.74. The number of nitrogens with two attached hydrogens (primary N) is 1. The van der Waals surface area contributed by atoms with E-state index in [4.69, 9.17) is 5.73 Å². The van der Waals surface area contributed by atoms with Crippen molar-refractivity contribution in [1.29, 1.82) is 0 Å². The lowest BCUT2D eigenvalue weighted by Gasteiger charge is -2.08. The van der Waals surface area contributed by atoms with E-state index >= 15 is 0 Å². The van der Waals surface area contributed by atoms with Crippen LogP contribution in [0.15, 0.2) is 72.9 Å². The minimum atomic E-state index is -0.260. The second-order valence-electron chi connectivity index (χ2n) is 8.28. The highest BCUT2D eigenvalue weighted by molar-refractivity contribution is 5.96. The van der Waals surface area contributed by atoms with Gasteiger partial charge in [0.1, 0.15) is 11.5 Å². The van der Waals surface area contributed by atoms with Crippen molar-refractivity contribution in [1.82, 2.24) is 25.1 Å². The number of hydrogen-bond acceptors (Lipinski definition) is 4. The molecule has 0 radical (unpaired) electrons. The number of halogens is 1. The number of nitrogen functional groups attached to an aromatic ring is 1. The Kier molecular flexibility index (Phi) is 4.50. The highest BCUT2D eigenvalue weighted by Crippen LogP contribution is 2.35. The van der Waals surface area contributed by atoms with Crippen LogP contribution in [0.4, 0.5) is 10.1 Å². The van der Waals surface area contributed by atoms with Gasteiger partial charge in [-0.2, -0.15) is 5.10 Å². The second-order valence-corrected chi connectivity index (χ2v) is 8.28. The molecule has 0 saturated carbocycles. The predicted molar refractivity (Wildman–Crippen MR) is 132 cm³/mol. The first-order valence-corrected chi connectivity index (χ1v) is 10.7. The molecular weight excluding hydrogens is 427 g/mol. The van der Waals surface area contributed by atoms with Crippen LogP contribution in [-0.2, 0) is 0 Å². The van der Waals surface area contributed by atoms with Gasteiger partial charge in [-0.05, 0) is 66.1 Å². The molecule has 0 unspecified atom stereocenters. The Morgan fingerprint density at radius 1 is 1.00 bits per heavy atom. The van der Waals surface area contributed by atoms with Gasteiger partial charge >= 0.3 is 0 Å². The number of allylic oxidation sites excluding steroid dienone is 2. The quantitative estimate of drug-likeness (QED) is 0.312. The number of fused-ring (bicyclic) bond motifs is 2. The van der Waals surface area contributed by atoms with Gasteiger partial charge in [-0.1, -0.05) is 6.07 Å². The zero-order chi connectivity index (χ0) is 23.2. The van der Waals surface area contributed by atoms with Crippen LogP contribution in [0.2, 0.25) is 0 Å². The molecule has 0 amide bonds. The van der Waals surface area contributed by atoms with Crippen molar-refractivity contribution in [3.8, 4) is 22.6 Å². The average Bonchev–Trinajstić information content (AvgIpc) is 3.37. The number of rotatable bonds is 3. The van der Waals surface area contributed by atoms with E-state index in [1.807, 2.05) is 49.4 Å². The number of hydrogen-bond donors (Lipinski definition) is 3. The lowest BCUT2D eigenvalue weighted by Crippen LogP contribution is -1.91. The number of aryl methyl sites for hydroxylation is 1. The van der Waals surface area contributed by atoms with Crippen molar-refractivity contribution in [3.05, 3.63) is 101 Å². The van der Waals surface area contributed by atoms with Crippen LogP contribution in [0.25, 0.3) is 45.2 Å². The van der Waals surface area contributed by atoms with E-state index in [1.165, 1.54) is 6.07 Å². The summed E-state index contributed by atoms with van der Waals surface area (Å²) in [6.45, 7) is 1.89. The van der Waals surface area contributed by atoms with Crippen molar-refractivity contribution < 1.29 is 4.39 Å². The van der Waals surface area contributed by atoms with Crippen LogP contribution in [0.1, 0.15) is 22.4 Å². The van der Waals surface area contributed by atoms with Crippen LogP contribution in [0.3, 0.4) is 0 Å². The Labute approximate surface area is 194 Å². The second kappa shape index (κ2) is 7.69. The first-order valence-electron chi connectivity index (χ1n) is 10.7. The molecule has 4 aromatic heterocycles. The van der Waals surface area contributed by atoms with Crippen LogP contribution in [0.5, 0.6) is 0 Å². The van der Waals surface area contributed by atoms with Crippen molar-refractivity contribution in [2.45, 2.75) is 6.92 Å². The first kappa shape index (κ1) is 19.9. The molecule has 0 saturated heterocycles. The van der Waals surface area contributed by atoms with E-state index in [0.29, 0.717) is 5.69 Å². The number of nitrogens with one attached hydrogen (secondary N) is 2. The summed E-state index contributed by atoms with van der Waals surface area (Å²) in [6.07, 6.45) is 10.8. The van der Waals surface area contributed by atoms with Crippen molar-refractivity contribution in [2.75, 3.05) is 5.73 Å². The van der Waals surface area contributed by atoms with E-state index in [0.717, 1.165) is 61.5 Å². The third-order valence-corrected chi connectivity index (χ3v) is 5.82. The Bertz CT molecular complexity index is 1660. The number of aromatic nitrogens is 5. The number of aromatic amines is 2. The van der Waals surface area contributed by atoms with Gasteiger partial charge in [-0.25, -0.2) is 4.39 Å². The summed E-state index contributed by atoms with van der Waals surface area (Å²) < 4.78 is 14.2. The third kappa shape index (κ3) is 3.41. The third-order valence-electron chi connectivity index (χ3n) is 5.82. The lowest BCUT2D eigenvalue weighted by molar-refractivity contribution is 0.626. The molecule has 0 spiro atoms. The van der Waals surface area contributed by atoms with Crippen LogP contribution in [-0.4, -0.2) is 25.1 Å². The summed E-state index contributed by atoms with van der Waals surface area (Å²) in [6, 6.07) is 10.9. The van der Waals surface area contributed by atoms with Gasteiger partial charge in [-0.3, -0.25) is 15.1 Å². The molecule has 6 nitrogen and oxygen atoms in total. The van der Waals surface area contributed by atoms with Crippen LogP contribution < -0.4 is 5.73 Å². The van der Waals surface area contributed by atoms with E-state index in [1.54, 1.807) is 24.7 Å². The molecule has 0 bridgehead atoms. The fourth-order valence-corrected chi connectivity index (χ4v) is 4.31. The lowest BCUT2D eigenvalue weighted by atomic mass is 9.96. The highest BCUT2D eigenvalue weighted by Gasteiger charge is 2.18. The maximum Gasteiger partial charge on any atom is 0.124 e. The monoisotopic (exact) mass is 446 g/mol. The SMILES string of the molecule is Cc1cc(F)cc(C2=CC=C=Cc3[nH]c(-c4n[nH]c5cnc(-c6cncc(N)c6)cc45)cc32)c1. The molecule has 34 heavy (non-hydrogen) atoms. The maximum atomic E-state index is 14.2. The first-order chi connectivity index (χ1) is 16.5. The highest BCUT2D eigenvalue weighted by atomic mass is 19.1. The number of H-pyrrole nitrogens is 2. The molecular formula is C27H19FN6. The zero-order valence-electron chi connectivity index (χ0n) is 18.2. The molecule has 0 fully saturated rings. The van der Waals surface area contributed by atoms with Crippen LogP contribution >= 0.6 is 0 Å². The predicted octanol–water partition coefficient (Wildman–Crippen LogP) is 5.66. The average molecular weight is 446 g/mol. The Morgan fingerprint density at radius 2 is 1.91 bits per heavy atom. The minimum absolute atomic E-state index is 0.260. The van der Waals surface area contributed by atoms with E-state index < -0.39 is 0 Å². The molecule has 1 aliphatic carbocycles. The van der Waals surface area contributed by atoms with Gasteiger partial charge in [0.05, 0.1) is 34.5 Å². The normalized spacial score (nSPS) is 12.6. The van der Waals surface area contributed by atoms with Crippen molar-refractivity contribution >= 4 is 28.2 Å². The van der Waals surface area contributed by atoms with Gasteiger partial charge in [0.25, 0.3) is 0 Å². The topological polar surface area (TPSA) is 96.3 Å². The Balaban J connectivity index is 1.48. The van der Waals surface area contributed by atoms with E-state index in [9.17, 15) is 4.39 Å². The van der Waals surface area contributed by atoms with Gasteiger partial charge in [-0.15, -0.1) is 5.73 Å². The van der Waals surface area contributed by atoms with Gasteiger partial charge in [0, 0.05) is 35.0 Å². The molecule has 4 N–H and O–H groups in total. The maximum absolute atomic E-state index is 14.2. The van der Waals surface area contributed by atoms with Gasteiger partial charge in [0.2, 0.25) is 0 Å². The van der Waals surface area contributed by atoms with E-state index in [2.05, 4.69) is 30.9 Å². The number of pyridine rings is 2.